The van der Waals surface area contributed by atoms with Gasteiger partial charge in [-0.2, -0.15) is 0 Å². The molecule has 146 valence electrons. The van der Waals surface area contributed by atoms with E-state index in [1.807, 2.05) is 6.33 Å². The van der Waals surface area contributed by atoms with Gasteiger partial charge in [-0.15, -0.1) is 0 Å². The molecule has 0 aliphatic heterocycles. The zero-order chi connectivity index (χ0) is 18.5. The molecular weight excluding hydrogens is 316 g/mol. The van der Waals surface area contributed by atoms with Crippen LogP contribution < -0.4 is 0 Å². The van der Waals surface area contributed by atoms with Crippen molar-refractivity contribution in [3.63, 3.8) is 0 Å². The molecule has 2 aromatic rings. The number of unbranched alkanes of at least 4 members (excludes halogenated alkanes) is 13. The highest BCUT2D eigenvalue weighted by Crippen LogP contribution is 2.16. The molecule has 2 heteroatoms. The lowest BCUT2D eigenvalue weighted by Crippen LogP contribution is -1.96. The second-order valence-electron chi connectivity index (χ2n) is 8.03. The average molecular weight is 357 g/mol. The highest BCUT2D eigenvalue weighted by Gasteiger charge is 2.02. The van der Waals surface area contributed by atoms with Gasteiger partial charge in [0.15, 0.2) is 0 Å². The van der Waals surface area contributed by atoms with Gasteiger partial charge in [-0.1, -0.05) is 96.5 Å². The van der Waals surface area contributed by atoms with E-state index < -0.39 is 0 Å². The van der Waals surface area contributed by atoms with Gasteiger partial charge in [0.2, 0.25) is 0 Å². The van der Waals surface area contributed by atoms with Crippen LogP contribution in [0.15, 0.2) is 24.5 Å². The first kappa shape index (κ1) is 21.0. The number of nitrogens with zero attached hydrogens (tertiary/aromatic N) is 2. The maximum absolute atomic E-state index is 4.53. The number of aromatic nitrogens is 2. The van der Waals surface area contributed by atoms with Crippen molar-refractivity contribution >= 4 is 11.0 Å². The second kappa shape index (κ2) is 12.9. The second-order valence-corrected chi connectivity index (χ2v) is 8.03. The molecule has 26 heavy (non-hydrogen) atoms. The van der Waals surface area contributed by atoms with Crippen LogP contribution in [0.3, 0.4) is 0 Å². The van der Waals surface area contributed by atoms with Crippen LogP contribution in [0.25, 0.3) is 11.0 Å². The van der Waals surface area contributed by atoms with Crippen molar-refractivity contribution in [2.24, 2.45) is 0 Å². The summed E-state index contributed by atoms with van der Waals surface area (Å²) < 4.78 is 2.31. The first-order valence-electron chi connectivity index (χ1n) is 11.2. The molecule has 0 unspecified atom stereocenters. The van der Waals surface area contributed by atoms with Gasteiger partial charge in [0, 0.05) is 6.54 Å². The summed E-state index contributed by atoms with van der Waals surface area (Å²) in [5.41, 5.74) is 3.71. The predicted octanol–water partition coefficient (Wildman–Crippen LogP) is 7.83. The fourth-order valence-corrected chi connectivity index (χ4v) is 3.83. The van der Waals surface area contributed by atoms with Crippen molar-refractivity contribution in [2.45, 2.75) is 110 Å². The number of aryl methyl sites for hydroxylation is 2. The highest BCUT2D eigenvalue weighted by molar-refractivity contribution is 5.75. The topological polar surface area (TPSA) is 17.8 Å². The van der Waals surface area contributed by atoms with Crippen LogP contribution in [0.1, 0.15) is 102 Å². The van der Waals surface area contributed by atoms with Crippen LogP contribution in [-0.2, 0) is 6.54 Å². The molecule has 0 aliphatic rings. The summed E-state index contributed by atoms with van der Waals surface area (Å²) in [5.74, 6) is 0. The van der Waals surface area contributed by atoms with E-state index in [1.54, 1.807) is 0 Å². The van der Waals surface area contributed by atoms with Gasteiger partial charge < -0.3 is 4.57 Å². The van der Waals surface area contributed by atoms with Crippen LogP contribution in [0.2, 0.25) is 0 Å². The Balaban J connectivity index is 1.41. The van der Waals surface area contributed by atoms with Crippen molar-refractivity contribution in [3.8, 4) is 0 Å². The van der Waals surface area contributed by atoms with Crippen LogP contribution in [-0.4, -0.2) is 9.55 Å². The van der Waals surface area contributed by atoms with E-state index >= 15 is 0 Å². The van der Waals surface area contributed by atoms with Crippen molar-refractivity contribution in [3.05, 3.63) is 30.1 Å². The molecule has 0 bridgehead atoms. The molecule has 0 aliphatic carbocycles. The van der Waals surface area contributed by atoms with E-state index in [2.05, 4.69) is 41.6 Å². The van der Waals surface area contributed by atoms with Crippen LogP contribution >= 0.6 is 0 Å². The predicted molar refractivity (Wildman–Crippen MR) is 115 cm³/mol. The van der Waals surface area contributed by atoms with Crippen molar-refractivity contribution in [1.82, 2.24) is 9.55 Å². The van der Waals surface area contributed by atoms with Gasteiger partial charge in [0.25, 0.3) is 0 Å². The summed E-state index contributed by atoms with van der Waals surface area (Å²) in [6.07, 6.45) is 21.8. The molecule has 0 radical (unpaired) electrons. The van der Waals surface area contributed by atoms with Gasteiger partial charge in [0.05, 0.1) is 17.4 Å². The smallest absolute Gasteiger partial charge is 0.0958 e. The Labute approximate surface area is 161 Å². The van der Waals surface area contributed by atoms with Gasteiger partial charge in [0.1, 0.15) is 0 Å². The largest absolute Gasteiger partial charge is 0.331 e. The minimum atomic E-state index is 1.11. The number of hydrogen-bond acceptors (Lipinski definition) is 1. The fraction of sp³-hybridized carbons (Fsp3) is 0.708. The lowest BCUT2D eigenvalue weighted by atomic mass is 10.0. The lowest BCUT2D eigenvalue weighted by Gasteiger charge is -2.05. The first-order chi connectivity index (χ1) is 12.8. The molecule has 0 atom stereocenters. The summed E-state index contributed by atoms with van der Waals surface area (Å²) in [4.78, 5) is 4.53. The van der Waals surface area contributed by atoms with E-state index in [9.17, 15) is 0 Å². The first-order valence-corrected chi connectivity index (χ1v) is 11.2. The Morgan fingerprint density at radius 3 is 1.85 bits per heavy atom. The number of hydrogen-bond donors (Lipinski definition) is 0. The van der Waals surface area contributed by atoms with E-state index in [-0.39, 0.29) is 0 Å². The monoisotopic (exact) mass is 356 g/mol. The summed E-state index contributed by atoms with van der Waals surface area (Å²) >= 11 is 0. The van der Waals surface area contributed by atoms with Crippen molar-refractivity contribution in [2.75, 3.05) is 0 Å². The summed E-state index contributed by atoms with van der Waals surface area (Å²) in [5, 5.41) is 0. The molecular formula is C24H40N2. The van der Waals surface area contributed by atoms with Crippen LogP contribution in [0.4, 0.5) is 0 Å². The Hall–Kier alpha value is -1.31. The molecule has 0 saturated heterocycles. The van der Waals surface area contributed by atoms with E-state index in [4.69, 9.17) is 0 Å². The molecule has 0 spiro atoms. The third-order valence-electron chi connectivity index (χ3n) is 5.53. The quantitative estimate of drug-likeness (QED) is 0.297. The Bertz CT molecular complexity index is 599. The molecule has 2 rings (SSSR count). The van der Waals surface area contributed by atoms with Gasteiger partial charge >= 0.3 is 0 Å². The van der Waals surface area contributed by atoms with Crippen LogP contribution in [0, 0.1) is 6.92 Å². The van der Waals surface area contributed by atoms with Crippen LogP contribution in [0.5, 0.6) is 0 Å². The maximum Gasteiger partial charge on any atom is 0.0958 e. The average Bonchev–Trinajstić information content (AvgIpc) is 3.04. The molecule has 1 aromatic heterocycles. The molecule has 1 heterocycles. The van der Waals surface area contributed by atoms with Gasteiger partial charge in [-0.05, 0) is 31.0 Å². The Kier molecular flexibility index (Phi) is 10.5. The van der Waals surface area contributed by atoms with Gasteiger partial charge in [-0.3, -0.25) is 0 Å². The van der Waals surface area contributed by atoms with E-state index in [1.165, 1.54) is 101 Å². The van der Waals surface area contributed by atoms with Crippen molar-refractivity contribution in [1.29, 1.82) is 0 Å². The number of fused-ring (bicyclic) bond motifs is 1. The third kappa shape index (κ3) is 7.93. The standard InChI is InChI=1S/C24H40N2/c1-3-4-5-6-7-8-9-10-11-12-13-14-15-16-19-26-21-25-23-20-22(2)17-18-24(23)26/h17-18,20-21H,3-16,19H2,1-2H3. The Morgan fingerprint density at radius 1 is 0.731 bits per heavy atom. The molecule has 0 amide bonds. The third-order valence-corrected chi connectivity index (χ3v) is 5.53. The normalized spacial score (nSPS) is 11.5. The molecule has 0 fully saturated rings. The molecule has 2 nitrogen and oxygen atoms in total. The van der Waals surface area contributed by atoms with E-state index in [0.717, 1.165) is 12.1 Å². The fourth-order valence-electron chi connectivity index (χ4n) is 3.83. The van der Waals surface area contributed by atoms with Crippen molar-refractivity contribution < 1.29 is 0 Å². The number of rotatable bonds is 15. The molecule has 1 aromatic carbocycles. The summed E-state index contributed by atoms with van der Waals surface area (Å²) in [6.45, 7) is 5.53. The minimum Gasteiger partial charge on any atom is -0.331 e. The SMILES string of the molecule is CCCCCCCCCCCCCCCCn1cnc2cc(C)ccc21. The molecule has 0 saturated carbocycles. The zero-order valence-electron chi connectivity index (χ0n) is 17.3. The Morgan fingerprint density at radius 2 is 1.27 bits per heavy atom. The summed E-state index contributed by atoms with van der Waals surface area (Å²) in [7, 11) is 0. The molecule has 0 N–H and O–H groups in total. The lowest BCUT2D eigenvalue weighted by molar-refractivity contribution is 0.526. The minimum absolute atomic E-state index is 1.11. The van der Waals surface area contributed by atoms with Gasteiger partial charge in [-0.25, -0.2) is 4.98 Å². The maximum atomic E-state index is 4.53. The number of imidazole rings is 1. The van der Waals surface area contributed by atoms with E-state index in [0.29, 0.717) is 0 Å². The summed E-state index contributed by atoms with van der Waals surface area (Å²) in [6, 6.07) is 6.57. The number of benzene rings is 1. The highest BCUT2D eigenvalue weighted by atomic mass is 15.0. The zero-order valence-corrected chi connectivity index (χ0v) is 17.3.